The van der Waals surface area contributed by atoms with Crippen LogP contribution in [0.4, 0.5) is 0 Å². The van der Waals surface area contributed by atoms with Crippen molar-refractivity contribution in [3.63, 3.8) is 0 Å². The van der Waals surface area contributed by atoms with Crippen LogP contribution in [0.15, 0.2) is 27.9 Å². The van der Waals surface area contributed by atoms with E-state index in [0.717, 1.165) is 18.6 Å². The molecular formula is C17H23N5O3S. The summed E-state index contributed by atoms with van der Waals surface area (Å²) in [6, 6.07) is 3.57. The zero-order valence-electron chi connectivity index (χ0n) is 14.4. The van der Waals surface area contributed by atoms with E-state index in [1.165, 1.54) is 31.0 Å². The molecule has 1 aromatic heterocycles. The number of hydrogen-bond acceptors (Lipinski definition) is 7. The Balaban J connectivity index is 1.34. The Morgan fingerprint density at radius 1 is 1.38 bits per heavy atom. The first-order valence-electron chi connectivity index (χ1n) is 9.09. The molecule has 0 bridgehead atoms. The highest BCUT2D eigenvalue weighted by Gasteiger charge is 2.42. The van der Waals surface area contributed by atoms with Crippen LogP contribution in [-0.2, 0) is 9.59 Å². The van der Waals surface area contributed by atoms with E-state index in [0.29, 0.717) is 17.6 Å². The minimum Gasteiger partial charge on any atom is -0.468 e. The number of hydrazine groups is 1. The number of hydrazone groups is 1. The summed E-state index contributed by atoms with van der Waals surface area (Å²) in [5, 5.41) is 9.58. The number of hydrogen-bond donors (Lipinski definition) is 3. The van der Waals surface area contributed by atoms with Crippen molar-refractivity contribution < 1.29 is 14.0 Å². The van der Waals surface area contributed by atoms with Gasteiger partial charge in [-0.05, 0) is 25.0 Å². The van der Waals surface area contributed by atoms with Crippen LogP contribution in [0.5, 0.6) is 0 Å². The SMILES string of the molecule is O=C(CSC1=NNC(=O)C2CC(c3ccco3)NN12)NC1CCCCC1. The van der Waals surface area contributed by atoms with Gasteiger partial charge in [-0.15, -0.1) is 5.10 Å². The van der Waals surface area contributed by atoms with Crippen LogP contribution in [-0.4, -0.2) is 39.8 Å². The van der Waals surface area contributed by atoms with Crippen LogP contribution in [0, 0.1) is 0 Å². The highest BCUT2D eigenvalue weighted by atomic mass is 32.2. The van der Waals surface area contributed by atoms with Crippen molar-refractivity contribution in [2.75, 3.05) is 5.75 Å². The quantitative estimate of drug-likeness (QED) is 0.735. The minimum atomic E-state index is -0.355. The molecule has 3 N–H and O–H groups in total. The number of nitrogens with one attached hydrogen (secondary N) is 3. The minimum absolute atomic E-state index is 0.0137. The van der Waals surface area contributed by atoms with Crippen molar-refractivity contribution in [3.8, 4) is 0 Å². The second-order valence-electron chi connectivity index (χ2n) is 6.88. The summed E-state index contributed by atoms with van der Waals surface area (Å²) >= 11 is 1.33. The maximum Gasteiger partial charge on any atom is 0.264 e. The standard InChI is InChI=1S/C17H23N5O3S/c23-15(18-11-5-2-1-3-6-11)10-26-17-20-19-16(24)13-9-12(21-22(13)17)14-7-4-8-25-14/h4,7-8,11-13,21H,1-3,5-6,9-10H2,(H,18,23)(H,19,24). The average Bonchev–Trinajstić information content (AvgIpc) is 3.32. The van der Waals surface area contributed by atoms with Gasteiger partial charge >= 0.3 is 0 Å². The lowest BCUT2D eigenvalue weighted by atomic mass is 9.95. The van der Waals surface area contributed by atoms with Crippen LogP contribution in [0.3, 0.4) is 0 Å². The molecule has 0 spiro atoms. The third-order valence-electron chi connectivity index (χ3n) is 5.03. The van der Waals surface area contributed by atoms with Gasteiger partial charge in [0, 0.05) is 12.5 Å². The Bertz CT molecular complexity index is 687. The van der Waals surface area contributed by atoms with Crippen molar-refractivity contribution in [2.24, 2.45) is 5.10 Å². The van der Waals surface area contributed by atoms with Gasteiger partial charge in [-0.25, -0.2) is 10.9 Å². The molecule has 3 heterocycles. The molecule has 8 nitrogen and oxygen atoms in total. The van der Waals surface area contributed by atoms with Crippen LogP contribution in [0.25, 0.3) is 0 Å². The second-order valence-corrected chi connectivity index (χ2v) is 7.82. The molecule has 9 heteroatoms. The van der Waals surface area contributed by atoms with Gasteiger partial charge in [0.25, 0.3) is 5.91 Å². The van der Waals surface area contributed by atoms with E-state index in [-0.39, 0.29) is 29.7 Å². The number of amidine groups is 1. The number of fused-ring (bicyclic) bond motifs is 1. The van der Waals surface area contributed by atoms with Crippen LogP contribution >= 0.6 is 11.8 Å². The molecule has 4 rings (SSSR count). The lowest BCUT2D eigenvalue weighted by molar-refractivity contribution is -0.125. The Kier molecular flexibility index (Phi) is 5.16. The van der Waals surface area contributed by atoms with Crippen molar-refractivity contribution in [3.05, 3.63) is 24.2 Å². The van der Waals surface area contributed by atoms with E-state index in [9.17, 15) is 9.59 Å². The summed E-state index contributed by atoms with van der Waals surface area (Å²) in [6.45, 7) is 0. The smallest absolute Gasteiger partial charge is 0.264 e. The molecule has 1 saturated heterocycles. The molecule has 0 radical (unpaired) electrons. The van der Waals surface area contributed by atoms with E-state index in [1.807, 2.05) is 12.1 Å². The lowest BCUT2D eigenvalue weighted by Crippen LogP contribution is -2.52. The molecule has 2 amide bonds. The van der Waals surface area contributed by atoms with Gasteiger partial charge in [0.05, 0.1) is 18.1 Å². The maximum atomic E-state index is 12.2. The van der Waals surface area contributed by atoms with E-state index in [2.05, 4.69) is 21.3 Å². The van der Waals surface area contributed by atoms with Crippen molar-refractivity contribution >= 4 is 28.7 Å². The fourth-order valence-electron chi connectivity index (χ4n) is 3.70. The van der Waals surface area contributed by atoms with Gasteiger partial charge in [0.1, 0.15) is 11.8 Å². The molecule has 1 saturated carbocycles. The van der Waals surface area contributed by atoms with E-state index >= 15 is 0 Å². The molecule has 26 heavy (non-hydrogen) atoms. The number of furan rings is 1. The first kappa shape index (κ1) is 17.4. The number of thioether (sulfide) groups is 1. The number of rotatable bonds is 4. The van der Waals surface area contributed by atoms with Crippen molar-refractivity contribution in [1.29, 1.82) is 0 Å². The molecule has 2 fully saturated rings. The Morgan fingerprint density at radius 2 is 2.23 bits per heavy atom. The molecule has 1 aliphatic carbocycles. The highest BCUT2D eigenvalue weighted by Crippen LogP contribution is 2.31. The lowest BCUT2D eigenvalue weighted by Gasteiger charge is -2.29. The first-order chi connectivity index (χ1) is 12.7. The normalized spacial score (nSPS) is 26.2. The number of carbonyl (C=O) groups excluding carboxylic acids is 2. The molecule has 0 aromatic carbocycles. The van der Waals surface area contributed by atoms with Gasteiger partial charge in [0.15, 0.2) is 5.17 Å². The number of nitrogens with zero attached hydrogens (tertiary/aromatic N) is 2. The van der Waals surface area contributed by atoms with Crippen LogP contribution in [0.1, 0.15) is 50.3 Å². The number of amides is 2. The van der Waals surface area contributed by atoms with E-state index < -0.39 is 0 Å². The zero-order chi connectivity index (χ0) is 17.9. The predicted octanol–water partition coefficient (Wildman–Crippen LogP) is 1.48. The van der Waals surface area contributed by atoms with E-state index in [1.54, 1.807) is 11.3 Å². The molecule has 2 aliphatic heterocycles. The van der Waals surface area contributed by atoms with Gasteiger partial charge in [0.2, 0.25) is 5.91 Å². The third kappa shape index (κ3) is 3.73. The molecule has 2 unspecified atom stereocenters. The Hall–Kier alpha value is -2.00. The summed E-state index contributed by atoms with van der Waals surface area (Å²) in [5.41, 5.74) is 5.84. The van der Waals surface area contributed by atoms with Crippen LogP contribution in [0.2, 0.25) is 0 Å². The number of carbonyl (C=O) groups is 2. The van der Waals surface area contributed by atoms with Gasteiger partial charge < -0.3 is 9.73 Å². The molecule has 2 atom stereocenters. The van der Waals surface area contributed by atoms with Crippen LogP contribution < -0.4 is 16.2 Å². The monoisotopic (exact) mass is 377 g/mol. The summed E-state index contributed by atoms with van der Waals surface area (Å²) in [4.78, 5) is 24.4. The fraction of sp³-hybridized carbons (Fsp3) is 0.588. The molecule has 3 aliphatic rings. The van der Waals surface area contributed by atoms with Gasteiger partial charge in [-0.1, -0.05) is 31.0 Å². The second kappa shape index (κ2) is 7.71. The van der Waals surface area contributed by atoms with Crippen molar-refractivity contribution in [1.82, 2.24) is 21.2 Å². The summed E-state index contributed by atoms with van der Waals surface area (Å²) in [5.74, 6) is 0.926. The summed E-state index contributed by atoms with van der Waals surface area (Å²) < 4.78 is 5.45. The van der Waals surface area contributed by atoms with Gasteiger partial charge in [-0.2, -0.15) is 0 Å². The Morgan fingerprint density at radius 3 is 3.00 bits per heavy atom. The third-order valence-corrected chi connectivity index (χ3v) is 5.98. The highest BCUT2D eigenvalue weighted by molar-refractivity contribution is 8.14. The Labute approximate surface area is 156 Å². The van der Waals surface area contributed by atoms with E-state index in [4.69, 9.17) is 4.42 Å². The fourth-order valence-corrected chi connectivity index (χ4v) is 4.47. The molecule has 140 valence electrons. The van der Waals surface area contributed by atoms with Gasteiger partial charge in [-0.3, -0.25) is 14.6 Å². The molecular weight excluding hydrogens is 354 g/mol. The predicted molar refractivity (Wildman–Crippen MR) is 97.9 cm³/mol. The average molecular weight is 377 g/mol. The summed E-state index contributed by atoms with van der Waals surface area (Å²) in [6.07, 6.45) is 7.97. The zero-order valence-corrected chi connectivity index (χ0v) is 15.3. The molecule has 1 aromatic rings. The topological polar surface area (TPSA) is 99.0 Å². The van der Waals surface area contributed by atoms with Crippen molar-refractivity contribution in [2.45, 2.75) is 56.7 Å². The maximum absolute atomic E-state index is 12.2. The summed E-state index contributed by atoms with van der Waals surface area (Å²) in [7, 11) is 0. The largest absolute Gasteiger partial charge is 0.468 e. The first-order valence-corrected chi connectivity index (χ1v) is 10.1.